The Balaban J connectivity index is 1.70. The number of anilines is 3. The summed E-state index contributed by atoms with van der Waals surface area (Å²) in [5.74, 6) is -0.0225. The fraction of sp³-hybridized carbons (Fsp3) is 0.174. The van der Waals surface area contributed by atoms with E-state index in [2.05, 4.69) is 17.0 Å². The Hall–Kier alpha value is -3.07. The number of hydrogen-bond acceptors (Lipinski definition) is 2. The first-order valence-corrected chi connectivity index (χ1v) is 9.12. The van der Waals surface area contributed by atoms with E-state index in [1.165, 1.54) is 18.5 Å². The predicted octanol–water partition coefficient (Wildman–Crippen LogP) is 5.27. The first kappa shape index (κ1) is 16.4. The highest BCUT2D eigenvalue weighted by Crippen LogP contribution is 2.30. The molecule has 0 aromatic heterocycles. The fourth-order valence-corrected chi connectivity index (χ4v) is 3.46. The molecule has 1 saturated heterocycles. The van der Waals surface area contributed by atoms with Crippen molar-refractivity contribution >= 4 is 23.0 Å². The SMILES string of the molecule is O=C(c1ccccc1)N(c1ccccc1)c1ccc(N2CCCC2)cc1. The molecule has 3 aromatic rings. The molecule has 1 aliphatic heterocycles. The topological polar surface area (TPSA) is 23.6 Å². The molecular weight excluding hydrogens is 320 g/mol. The number of benzene rings is 3. The van der Waals surface area contributed by atoms with Gasteiger partial charge in [0, 0.05) is 35.7 Å². The van der Waals surface area contributed by atoms with Crippen LogP contribution in [0.1, 0.15) is 23.2 Å². The van der Waals surface area contributed by atoms with Crippen LogP contribution in [0.15, 0.2) is 84.9 Å². The maximum absolute atomic E-state index is 13.2. The van der Waals surface area contributed by atoms with Crippen LogP contribution in [0.2, 0.25) is 0 Å². The molecule has 0 unspecified atom stereocenters. The number of hydrogen-bond donors (Lipinski definition) is 0. The minimum Gasteiger partial charge on any atom is -0.372 e. The van der Waals surface area contributed by atoms with E-state index in [1.54, 1.807) is 4.90 Å². The van der Waals surface area contributed by atoms with Crippen molar-refractivity contribution in [3.8, 4) is 0 Å². The summed E-state index contributed by atoms with van der Waals surface area (Å²) >= 11 is 0. The summed E-state index contributed by atoms with van der Waals surface area (Å²) in [6, 6.07) is 27.6. The highest BCUT2D eigenvalue weighted by atomic mass is 16.2. The zero-order chi connectivity index (χ0) is 17.8. The van der Waals surface area contributed by atoms with E-state index in [1.807, 2.05) is 72.8 Å². The Labute approximate surface area is 154 Å². The van der Waals surface area contributed by atoms with E-state index >= 15 is 0 Å². The molecule has 1 heterocycles. The van der Waals surface area contributed by atoms with Crippen LogP contribution in [0.3, 0.4) is 0 Å². The van der Waals surface area contributed by atoms with Crippen LogP contribution in [-0.2, 0) is 0 Å². The molecule has 3 heteroatoms. The third-order valence-corrected chi connectivity index (χ3v) is 4.82. The van der Waals surface area contributed by atoms with Gasteiger partial charge in [-0.1, -0.05) is 36.4 Å². The highest BCUT2D eigenvalue weighted by molar-refractivity contribution is 6.10. The van der Waals surface area contributed by atoms with Crippen molar-refractivity contribution in [3.05, 3.63) is 90.5 Å². The smallest absolute Gasteiger partial charge is 0.262 e. The van der Waals surface area contributed by atoms with Gasteiger partial charge in [0.15, 0.2) is 0 Å². The highest BCUT2D eigenvalue weighted by Gasteiger charge is 2.20. The first-order valence-electron chi connectivity index (χ1n) is 9.12. The summed E-state index contributed by atoms with van der Waals surface area (Å²) < 4.78 is 0. The van der Waals surface area contributed by atoms with E-state index in [4.69, 9.17) is 0 Å². The Kier molecular flexibility index (Phi) is 4.69. The first-order chi connectivity index (χ1) is 12.8. The lowest BCUT2D eigenvalue weighted by molar-refractivity contribution is 0.0999. The van der Waals surface area contributed by atoms with Gasteiger partial charge < -0.3 is 4.90 Å². The second-order valence-corrected chi connectivity index (χ2v) is 6.55. The van der Waals surface area contributed by atoms with Crippen molar-refractivity contribution in [3.63, 3.8) is 0 Å². The number of carbonyl (C=O) groups excluding carboxylic acids is 1. The maximum Gasteiger partial charge on any atom is 0.262 e. The van der Waals surface area contributed by atoms with Crippen molar-refractivity contribution in [1.82, 2.24) is 0 Å². The van der Waals surface area contributed by atoms with Gasteiger partial charge in [-0.05, 0) is 61.4 Å². The standard InChI is InChI=1S/C23H22N2O/c26-23(19-9-3-1-4-10-19)25(21-11-5-2-6-12-21)22-15-13-20(14-16-22)24-17-7-8-18-24/h1-6,9-16H,7-8,17-18H2. The van der Waals surface area contributed by atoms with Crippen LogP contribution in [-0.4, -0.2) is 19.0 Å². The third-order valence-electron chi connectivity index (χ3n) is 4.82. The Morgan fingerprint density at radius 2 is 1.23 bits per heavy atom. The number of amides is 1. The predicted molar refractivity (Wildman–Crippen MR) is 107 cm³/mol. The number of carbonyl (C=O) groups is 1. The molecule has 0 saturated carbocycles. The quantitative estimate of drug-likeness (QED) is 0.645. The van der Waals surface area contributed by atoms with E-state index < -0.39 is 0 Å². The summed E-state index contributed by atoms with van der Waals surface area (Å²) in [6.45, 7) is 2.23. The summed E-state index contributed by atoms with van der Waals surface area (Å²) in [6.07, 6.45) is 2.51. The number of rotatable bonds is 4. The van der Waals surface area contributed by atoms with E-state index in [9.17, 15) is 4.79 Å². The summed E-state index contributed by atoms with van der Waals surface area (Å²) in [5.41, 5.74) is 3.66. The second-order valence-electron chi connectivity index (χ2n) is 6.55. The minimum atomic E-state index is -0.0225. The van der Waals surface area contributed by atoms with Crippen molar-refractivity contribution < 1.29 is 4.79 Å². The molecular formula is C23H22N2O. The van der Waals surface area contributed by atoms with Crippen molar-refractivity contribution in [2.24, 2.45) is 0 Å². The van der Waals surface area contributed by atoms with Gasteiger partial charge in [0.2, 0.25) is 0 Å². The second kappa shape index (κ2) is 7.44. The van der Waals surface area contributed by atoms with Gasteiger partial charge in [-0.15, -0.1) is 0 Å². The van der Waals surface area contributed by atoms with Gasteiger partial charge in [-0.3, -0.25) is 9.69 Å². The number of nitrogens with zero attached hydrogens (tertiary/aromatic N) is 2. The van der Waals surface area contributed by atoms with E-state index in [-0.39, 0.29) is 5.91 Å². The van der Waals surface area contributed by atoms with Gasteiger partial charge in [0.1, 0.15) is 0 Å². The van der Waals surface area contributed by atoms with E-state index in [0.29, 0.717) is 5.56 Å². The molecule has 1 aliphatic rings. The van der Waals surface area contributed by atoms with Gasteiger partial charge in [0.25, 0.3) is 5.91 Å². The molecule has 0 atom stereocenters. The van der Waals surface area contributed by atoms with Gasteiger partial charge in [-0.25, -0.2) is 0 Å². The molecule has 0 aliphatic carbocycles. The lowest BCUT2D eigenvalue weighted by atomic mass is 10.1. The van der Waals surface area contributed by atoms with Crippen molar-refractivity contribution in [2.45, 2.75) is 12.8 Å². The normalized spacial score (nSPS) is 13.6. The average molecular weight is 342 g/mol. The lowest BCUT2D eigenvalue weighted by Gasteiger charge is -2.24. The maximum atomic E-state index is 13.2. The third kappa shape index (κ3) is 3.33. The molecule has 26 heavy (non-hydrogen) atoms. The molecule has 1 amide bonds. The van der Waals surface area contributed by atoms with Crippen LogP contribution < -0.4 is 9.80 Å². The summed E-state index contributed by atoms with van der Waals surface area (Å²) in [7, 11) is 0. The lowest BCUT2D eigenvalue weighted by Crippen LogP contribution is -2.26. The molecule has 3 nitrogen and oxygen atoms in total. The molecule has 0 spiro atoms. The van der Waals surface area contributed by atoms with Crippen LogP contribution in [0.5, 0.6) is 0 Å². The van der Waals surface area contributed by atoms with Crippen molar-refractivity contribution in [2.75, 3.05) is 22.9 Å². The van der Waals surface area contributed by atoms with Crippen LogP contribution in [0.4, 0.5) is 17.1 Å². The molecule has 3 aromatic carbocycles. The van der Waals surface area contributed by atoms with E-state index in [0.717, 1.165) is 24.5 Å². The van der Waals surface area contributed by atoms with Gasteiger partial charge in [-0.2, -0.15) is 0 Å². The Morgan fingerprint density at radius 3 is 1.85 bits per heavy atom. The molecule has 1 fully saturated rings. The molecule has 4 rings (SSSR count). The van der Waals surface area contributed by atoms with Crippen molar-refractivity contribution in [1.29, 1.82) is 0 Å². The number of para-hydroxylation sites is 1. The molecule has 0 bridgehead atoms. The van der Waals surface area contributed by atoms with Crippen LogP contribution >= 0.6 is 0 Å². The Morgan fingerprint density at radius 1 is 0.692 bits per heavy atom. The van der Waals surface area contributed by atoms with Gasteiger partial charge >= 0.3 is 0 Å². The van der Waals surface area contributed by atoms with Crippen LogP contribution in [0, 0.1) is 0 Å². The monoisotopic (exact) mass is 342 g/mol. The van der Waals surface area contributed by atoms with Gasteiger partial charge in [0.05, 0.1) is 0 Å². The summed E-state index contributed by atoms with van der Waals surface area (Å²) in [4.78, 5) is 17.4. The Bertz CT molecular complexity index is 854. The fourth-order valence-electron chi connectivity index (χ4n) is 3.46. The molecule has 130 valence electrons. The molecule has 0 radical (unpaired) electrons. The summed E-state index contributed by atoms with van der Waals surface area (Å²) in [5, 5.41) is 0. The minimum absolute atomic E-state index is 0.0225. The zero-order valence-electron chi connectivity index (χ0n) is 14.7. The molecule has 0 N–H and O–H groups in total. The average Bonchev–Trinajstić information content (AvgIpc) is 3.25. The largest absolute Gasteiger partial charge is 0.372 e. The zero-order valence-corrected chi connectivity index (χ0v) is 14.7. The van der Waals surface area contributed by atoms with Crippen LogP contribution in [0.25, 0.3) is 0 Å².